The summed E-state index contributed by atoms with van der Waals surface area (Å²) in [4.78, 5) is 27.1. The average molecular weight is 466 g/mol. The van der Waals surface area contributed by atoms with E-state index in [4.69, 9.17) is 9.84 Å². The standard InChI is InChI=1S/C27H32FN3O3/c1-18-6-7-22(24(28)15-18)27(33)30-12-10-20(11-13-30)16-31-17-23-19(2)21(8-9-25(23)29-31)26(32)5-4-14-34-3/h6-9,15,17,20H,4-5,10-14,16H2,1-3H3. The van der Waals surface area contributed by atoms with E-state index in [-0.39, 0.29) is 17.3 Å². The van der Waals surface area contributed by atoms with Gasteiger partial charge < -0.3 is 9.64 Å². The fourth-order valence-electron chi connectivity index (χ4n) is 4.74. The molecule has 0 saturated carbocycles. The molecule has 0 N–H and O–H groups in total. The number of ether oxygens (including phenoxy) is 1. The third kappa shape index (κ3) is 5.20. The number of hydrogen-bond donors (Lipinski definition) is 0. The minimum atomic E-state index is -0.456. The lowest BCUT2D eigenvalue weighted by Gasteiger charge is -2.32. The number of aryl methyl sites for hydroxylation is 2. The summed E-state index contributed by atoms with van der Waals surface area (Å²) in [5, 5.41) is 5.72. The molecule has 0 radical (unpaired) electrons. The molecule has 0 atom stereocenters. The van der Waals surface area contributed by atoms with Crippen molar-refractivity contribution in [3.8, 4) is 0 Å². The van der Waals surface area contributed by atoms with Crippen molar-refractivity contribution in [2.24, 2.45) is 5.92 Å². The molecule has 6 nitrogen and oxygen atoms in total. The van der Waals surface area contributed by atoms with Gasteiger partial charge in [0.05, 0.1) is 11.1 Å². The number of likely N-dealkylation sites (tertiary alicyclic amines) is 1. The number of benzene rings is 2. The number of nitrogens with zero attached hydrogens (tertiary/aromatic N) is 3. The topological polar surface area (TPSA) is 64.4 Å². The normalized spacial score (nSPS) is 14.6. The molecular weight excluding hydrogens is 433 g/mol. The van der Waals surface area contributed by atoms with Gasteiger partial charge in [0.1, 0.15) is 5.82 Å². The number of fused-ring (bicyclic) bond motifs is 1. The number of carbonyl (C=O) groups excluding carboxylic acids is 2. The zero-order valence-corrected chi connectivity index (χ0v) is 20.1. The summed E-state index contributed by atoms with van der Waals surface area (Å²) in [7, 11) is 1.64. The summed E-state index contributed by atoms with van der Waals surface area (Å²) in [5.41, 5.74) is 3.54. The van der Waals surface area contributed by atoms with Crippen LogP contribution in [0.1, 0.15) is 57.5 Å². The highest BCUT2D eigenvalue weighted by Crippen LogP contribution is 2.25. The molecule has 2 heterocycles. The summed E-state index contributed by atoms with van der Waals surface area (Å²) in [6.07, 6.45) is 4.90. The second-order valence-electron chi connectivity index (χ2n) is 9.26. The smallest absolute Gasteiger partial charge is 0.256 e. The van der Waals surface area contributed by atoms with Crippen molar-refractivity contribution in [2.75, 3.05) is 26.8 Å². The molecule has 1 amide bonds. The number of carbonyl (C=O) groups is 2. The first-order valence-corrected chi connectivity index (χ1v) is 11.9. The lowest BCUT2D eigenvalue weighted by molar-refractivity contribution is 0.0676. The fraction of sp³-hybridized carbons (Fsp3) is 0.444. The van der Waals surface area contributed by atoms with Gasteiger partial charge in [0.25, 0.3) is 5.91 Å². The molecule has 1 aromatic heterocycles. The molecule has 0 aliphatic carbocycles. The fourth-order valence-corrected chi connectivity index (χ4v) is 4.74. The Morgan fingerprint density at radius 2 is 1.85 bits per heavy atom. The van der Waals surface area contributed by atoms with E-state index < -0.39 is 5.82 Å². The van der Waals surface area contributed by atoms with Gasteiger partial charge in [-0.1, -0.05) is 6.07 Å². The molecular formula is C27H32FN3O3. The van der Waals surface area contributed by atoms with Crippen LogP contribution < -0.4 is 0 Å². The van der Waals surface area contributed by atoms with E-state index in [0.29, 0.717) is 38.5 Å². The van der Waals surface area contributed by atoms with Crippen LogP contribution >= 0.6 is 0 Å². The van der Waals surface area contributed by atoms with Gasteiger partial charge in [0.2, 0.25) is 0 Å². The van der Waals surface area contributed by atoms with Gasteiger partial charge >= 0.3 is 0 Å². The number of amides is 1. The zero-order valence-electron chi connectivity index (χ0n) is 20.1. The number of aromatic nitrogens is 2. The number of rotatable bonds is 8. The third-order valence-electron chi connectivity index (χ3n) is 6.76. The van der Waals surface area contributed by atoms with Crippen LogP contribution in [0.4, 0.5) is 4.39 Å². The Bertz CT molecular complexity index is 1200. The summed E-state index contributed by atoms with van der Waals surface area (Å²) in [5.74, 6) is -0.177. The summed E-state index contributed by atoms with van der Waals surface area (Å²) in [6.45, 7) is 6.34. The largest absolute Gasteiger partial charge is 0.385 e. The van der Waals surface area contributed by atoms with Crippen LogP contribution in [0.25, 0.3) is 10.9 Å². The molecule has 1 saturated heterocycles. The lowest BCUT2D eigenvalue weighted by Crippen LogP contribution is -2.39. The predicted molar refractivity (Wildman–Crippen MR) is 130 cm³/mol. The van der Waals surface area contributed by atoms with E-state index in [9.17, 15) is 14.0 Å². The van der Waals surface area contributed by atoms with Crippen molar-refractivity contribution in [3.05, 3.63) is 64.6 Å². The maximum atomic E-state index is 14.2. The molecule has 1 aliphatic rings. The van der Waals surface area contributed by atoms with Gasteiger partial charge in [0, 0.05) is 56.9 Å². The van der Waals surface area contributed by atoms with Gasteiger partial charge in [-0.25, -0.2) is 4.39 Å². The van der Waals surface area contributed by atoms with E-state index in [0.717, 1.165) is 47.0 Å². The first-order valence-electron chi connectivity index (χ1n) is 11.9. The Morgan fingerprint density at radius 1 is 1.12 bits per heavy atom. The van der Waals surface area contributed by atoms with Gasteiger partial charge in [-0.15, -0.1) is 0 Å². The predicted octanol–water partition coefficient (Wildman–Crippen LogP) is 4.95. The first kappa shape index (κ1) is 24.1. The molecule has 3 aromatic rings. The highest BCUT2D eigenvalue weighted by molar-refractivity contribution is 6.01. The summed E-state index contributed by atoms with van der Waals surface area (Å²) in [6, 6.07) is 8.54. The quantitative estimate of drug-likeness (QED) is 0.349. The number of piperidine rings is 1. The Morgan fingerprint density at radius 3 is 2.56 bits per heavy atom. The summed E-state index contributed by atoms with van der Waals surface area (Å²) >= 11 is 0. The van der Waals surface area contributed by atoms with Crippen molar-refractivity contribution >= 4 is 22.6 Å². The van der Waals surface area contributed by atoms with Gasteiger partial charge in [0.15, 0.2) is 5.78 Å². The molecule has 7 heteroatoms. The van der Waals surface area contributed by atoms with Crippen molar-refractivity contribution in [1.29, 1.82) is 0 Å². The van der Waals surface area contributed by atoms with Gasteiger partial charge in [-0.3, -0.25) is 14.3 Å². The molecule has 0 bridgehead atoms. The molecule has 0 unspecified atom stereocenters. The minimum Gasteiger partial charge on any atom is -0.385 e. The van der Waals surface area contributed by atoms with Crippen LogP contribution in [-0.4, -0.2) is 53.2 Å². The van der Waals surface area contributed by atoms with Crippen LogP contribution in [0, 0.1) is 25.6 Å². The molecule has 1 aliphatic heterocycles. The van der Waals surface area contributed by atoms with Crippen molar-refractivity contribution in [2.45, 2.75) is 46.1 Å². The molecule has 0 spiro atoms. The van der Waals surface area contributed by atoms with Crippen LogP contribution in [0.3, 0.4) is 0 Å². The Hall–Kier alpha value is -3.06. The number of halogens is 1. The van der Waals surface area contributed by atoms with Crippen LogP contribution in [0.15, 0.2) is 36.5 Å². The van der Waals surface area contributed by atoms with E-state index in [1.54, 1.807) is 24.1 Å². The van der Waals surface area contributed by atoms with Crippen LogP contribution in [0.5, 0.6) is 0 Å². The maximum Gasteiger partial charge on any atom is 0.256 e. The second-order valence-corrected chi connectivity index (χ2v) is 9.26. The van der Waals surface area contributed by atoms with Crippen LogP contribution in [-0.2, 0) is 11.3 Å². The van der Waals surface area contributed by atoms with Crippen molar-refractivity contribution in [3.63, 3.8) is 0 Å². The van der Waals surface area contributed by atoms with E-state index >= 15 is 0 Å². The molecule has 180 valence electrons. The first-order chi connectivity index (χ1) is 16.4. The SMILES string of the molecule is COCCCC(=O)c1ccc2nn(CC3CCN(C(=O)c4ccc(C)cc4F)CC3)cc2c1C. The van der Waals surface area contributed by atoms with Gasteiger partial charge in [-0.05, 0) is 74.4 Å². The zero-order chi connectivity index (χ0) is 24.2. The molecule has 34 heavy (non-hydrogen) atoms. The number of methoxy groups -OCH3 is 1. The number of Topliss-reactive ketones (excluding diaryl/α,β-unsaturated/α-hetero) is 1. The third-order valence-corrected chi connectivity index (χ3v) is 6.76. The minimum absolute atomic E-state index is 0.131. The maximum absolute atomic E-state index is 14.2. The van der Waals surface area contributed by atoms with E-state index in [1.165, 1.54) is 6.07 Å². The average Bonchev–Trinajstić information content (AvgIpc) is 3.23. The Labute approximate surface area is 199 Å². The monoisotopic (exact) mass is 465 g/mol. The summed E-state index contributed by atoms with van der Waals surface area (Å²) < 4.78 is 21.2. The van der Waals surface area contributed by atoms with Crippen molar-refractivity contribution < 1.29 is 18.7 Å². The highest BCUT2D eigenvalue weighted by Gasteiger charge is 2.26. The second kappa shape index (κ2) is 10.5. The van der Waals surface area contributed by atoms with E-state index in [2.05, 4.69) is 0 Å². The molecule has 4 rings (SSSR count). The lowest BCUT2D eigenvalue weighted by atomic mass is 9.96. The Kier molecular flexibility index (Phi) is 7.41. The Balaban J connectivity index is 1.38. The number of ketones is 1. The van der Waals surface area contributed by atoms with Crippen molar-refractivity contribution in [1.82, 2.24) is 14.7 Å². The highest BCUT2D eigenvalue weighted by atomic mass is 19.1. The molecule has 1 fully saturated rings. The van der Waals surface area contributed by atoms with E-state index in [1.807, 2.05) is 36.9 Å². The van der Waals surface area contributed by atoms with Gasteiger partial charge in [-0.2, -0.15) is 5.10 Å². The molecule has 2 aromatic carbocycles. The van der Waals surface area contributed by atoms with Crippen LogP contribution in [0.2, 0.25) is 0 Å². The number of hydrogen-bond acceptors (Lipinski definition) is 4.